The zero-order valence-corrected chi connectivity index (χ0v) is 16.6. The van der Waals surface area contributed by atoms with E-state index in [2.05, 4.69) is 10.3 Å². The Kier molecular flexibility index (Phi) is 4.01. The van der Waals surface area contributed by atoms with Gasteiger partial charge in [-0.3, -0.25) is 14.9 Å². The lowest BCUT2D eigenvalue weighted by molar-refractivity contribution is -0.122. The van der Waals surface area contributed by atoms with Gasteiger partial charge in [-0.2, -0.15) is 0 Å². The van der Waals surface area contributed by atoms with E-state index in [4.69, 9.17) is 10.5 Å². The molecule has 2 aromatic carbocycles. The number of nitrogens with zero attached hydrogens (tertiary/aromatic N) is 1. The number of nitrogens with two attached hydrogens (primary N) is 1. The van der Waals surface area contributed by atoms with Crippen molar-refractivity contribution in [3.05, 3.63) is 65.5 Å². The summed E-state index contributed by atoms with van der Waals surface area (Å²) in [5.74, 6) is -0.797. The molecule has 1 aliphatic rings. The summed E-state index contributed by atoms with van der Waals surface area (Å²) in [7, 11) is 3.54. The number of aryl methyl sites for hydroxylation is 1. The third-order valence-corrected chi connectivity index (χ3v) is 5.54. The maximum atomic E-state index is 12.8. The number of hydrogen-bond donors (Lipinski definition) is 3. The highest BCUT2D eigenvalue weighted by atomic mass is 16.5. The van der Waals surface area contributed by atoms with Crippen LogP contribution < -0.4 is 11.1 Å². The SMILES string of the molecule is COCc1ccc2c(C3=C(c4cn(C)c5cc(N)ccc45)C(=O)NC3=O)c[nH]c2c1. The second-order valence-corrected chi connectivity index (χ2v) is 7.48. The lowest BCUT2D eigenvalue weighted by atomic mass is 9.95. The van der Waals surface area contributed by atoms with E-state index in [0.717, 1.165) is 27.4 Å². The zero-order chi connectivity index (χ0) is 21.0. The number of H-pyrrole nitrogens is 1. The number of nitrogens with one attached hydrogen (secondary N) is 2. The van der Waals surface area contributed by atoms with Gasteiger partial charge >= 0.3 is 0 Å². The van der Waals surface area contributed by atoms with E-state index in [0.29, 0.717) is 34.6 Å². The fraction of sp³-hybridized carbons (Fsp3) is 0.130. The molecule has 4 aromatic rings. The van der Waals surface area contributed by atoms with Crippen LogP contribution in [0.2, 0.25) is 0 Å². The van der Waals surface area contributed by atoms with Crippen LogP contribution in [0, 0.1) is 0 Å². The maximum Gasteiger partial charge on any atom is 0.259 e. The van der Waals surface area contributed by atoms with E-state index in [9.17, 15) is 9.59 Å². The molecule has 1 aliphatic heterocycles. The number of fused-ring (bicyclic) bond motifs is 2. The van der Waals surface area contributed by atoms with Crippen LogP contribution in [-0.2, 0) is 28.0 Å². The Bertz CT molecular complexity index is 1390. The Labute approximate surface area is 172 Å². The van der Waals surface area contributed by atoms with Crippen molar-refractivity contribution in [2.24, 2.45) is 7.05 Å². The summed E-state index contributed by atoms with van der Waals surface area (Å²) < 4.78 is 7.11. The Morgan fingerprint density at radius 2 is 1.73 bits per heavy atom. The van der Waals surface area contributed by atoms with E-state index in [1.54, 1.807) is 19.4 Å². The number of nitrogen functional groups attached to an aromatic ring is 1. The van der Waals surface area contributed by atoms with Crippen molar-refractivity contribution in [1.82, 2.24) is 14.9 Å². The summed E-state index contributed by atoms with van der Waals surface area (Å²) in [6.45, 7) is 0.496. The highest BCUT2D eigenvalue weighted by Gasteiger charge is 2.34. The quantitative estimate of drug-likeness (QED) is 0.362. The van der Waals surface area contributed by atoms with Crippen molar-refractivity contribution in [3.63, 3.8) is 0 Å². The van der Waals surface area contributed by atoms with Crippen molar-refractivity contribution in [1.29, 1.82) is 0 Å². The van der Waals surface area contributed by atoms with Crippen molar-refractivity contribution in [2.75, 3.05) is 12.8 Å². The molecule has 0 saturated carbocycles. The first-order valence-corrected chi connectivity index (χ1v) is 9.52. The summed E-state index contributed by atoms with van der Waals surface area (Å²) in [6, 6.07) is 11.4. The van der Waals surface area contributed by atoms with Crippen LogP contribution in [0.3, 0.4) is 0 Å². The summed E-state index contributed by atoms with van der Waals surface area (Å²) in [5, 5.41) is 4.20. The van der Waals surface area contributed by atoms with Gasteiger partial charge in [0, 0.05) is 59.7 Å². The number of benzene rings is 2. The number of ether oxygens (including phenoxy) is 1. The van der Waals surface area contributed by atoms with Crippen LogP contribution in [0.25, 0.3) is 33.0 Å². The van der Waals surface area contributed by atoms with Crippen LogP contribution in [-0.4, -0.2) is 28.5 Å². The number of carbonyl (C=O) groups is 2. The molecule has 30 heavy (non-hydrogen) atoms. The second-order valence-electron chi connectivity index (χ2n) is 7.48. The number of aromatic nitrogens is 2. The number of aromatic amines is 1. The minimum atomic E-state index is -0.399. The molecule has 7 heteroatoms. The molecular weight excluding hydrogens is 380 g/mol. The van der Waals surface area contributed by atoms with Crippen molar-refractivity contribution < 1.29 is 14.3 Å². The monoisotopic (exact) mass is 400 g/mol. The first-order valence-electron chi connectivity index (χ1n) is 9.52. The Balaban J connectivity index is 1.77. The molecule has 150 valence electrons. The van der Waals surface area contributed by atoms with E-state index in [1.165, 1.54) is 0 Å². The predicted molar refractivity (Wildman–Crippen MR) is 116 cm³/mol. The highest BCUT2D eigenvalue weighted by Crippen LogP contribution is 2.38. The average molecular weight is 400 g/mol. The van der Waals surface area contributed by atoms with Gasteiger partial charge in [0.05, 0.1) is 23.3 Å². The molecule has 0 unspecified atom stereocenters. The summed E-state index contributed by atoms with van der Waals surface area (Å²) in [6.07, 6.45) is 3.64. The van der Waals surface area contributed by atoms with Crippen LogP contribution >= 0.6 is 0 Å². The molecule has 7 nitrogen and oxygen atoms in total. The van der Waals surface area contributed by atoms with Crippen molar-refractivity contribution in [2.45, 2.75) is 6.61 Å². The number of carbonyl (C=O) groups excluding carboxylic acids is 2. The molecule has 0 aliphatic carbocycles. The molecule has 0 saturated heterocycles. The van der Waals surface area contributed by atoms with Gasteiger partial charge in [0.15, 0.2) is 0 Å². The minimum absolute atomic E-state index is 0.370. The fourth-order valence-corrected chi connectivity index (χ4v) is 4.21. The fourth-order valence-electron chi connectivity index (χ4n) is 4.21. The smallest absolute Gasteiger partial charge is 0.259 e. The van der Waals surface area contributed by atoms with Gasteiger partial charge in [-0.25, -0.2) is 0 Å². The molecular formula is C23H20N4O3. The molecule has 0 bridgehead atoms. The van der Waals surface area contributed by atoms with Crippen molar-refractivity contribution in [3.8, 4) is 0 Å². The highest BCUT2D eigenvalue weighted by molar-refractivity contribution is 6.50. The third kappa shape index (κ3) is 2.63. The van der Waals surface area contributed by atoms with E-state index in [-0.39, 0.29) is 0 Å². The zero-order valence-electron chi connectivity index (χ0n) is 16.6. The predicted octanol–water partition coefficient (Wildman–Crippen LogP) is 2.96. The van der Waals surface area contributed by atoms with Gasteiger partial charge in [0.1, 0.15) is 0 Å². The van der Waals surface area contributed by atoms with Gasteiger partial charge in [0.25, 0.3) is 11.8 Å². The molecule has 3 heterocycles. The largest absolute Gasteiger partial charge is 0.399 e. The van der Waals surface area contributed by atoms with Gasteiger partial charge in [0.2, 0.25) is 0 Å². The van der Waals surface area contributed by atoms with Crippen LogP contribution in [0.15, 0.2) is 48.8 Å². The van der Waals surface area contributed by atoms with E-state index >= 15 is 0 Å². The molecule has 2 aromatic heterocycles. The Morgan fingerprint density at radius 1 is 1.00 bits per heavy atom. The van der Waals surface area contributed by atoms with Crippen molar-refractivity contribution >= 4 is 50.5 Å². The normalized spacial score (nSPS) is 14.3. The lowest BCUT2D eigenvalue weighted by Crippen LogP contribution is -2.22. The van der Waals surface area contributed by atoms with Gasteiger partial charge in [-0.05, 0) is 23.8 Å². The molecule has 5 rings (SSSR count). The maximum absolute atomic E-state index is 12.8. The molecule has 0 atom stereocenters. The topological polar surface area (TPSA) is 102 Å². The molecule has 0 spiro atoms. The average Bonchev–Trinajstić information content (AvgIpc) is 3.35. The number of methoxy groups -OCH3 is 1. The van der Waals surface area contributed by atoms with Crippen LogP contribution in [0.5, 0.6) is 0 Å². The second kappa shape index (κ2) is 6.60. The van der Waals surface area contributed by atoms with E-state index < -0.39 is 11.8 Å². The first-order chi connectivity index (χ1) is 14.5. The van der Waals surface area contributed by atoms with Gasteiger partial charge in [-0.1, -0.05) is 18.2 Å². The number of imide groups is 1. The molecule has 4 N–H and O–H groups in total. The summed E-state index contributed by atoms with van der Waals surface area (Å²) in [4.78, 5) is 28.9. The molecule has 2 amide bonds. The van der Waals surface area contributed by atoms with Crippen LogP contribution in [0.4, 0.5) is 5.69 Å². The first kappa shape index (κ1) is 18.2. The minimum Gasteiger partial charge on any atom is -0.399 e. The van der Waals surface area contributed by atoms with Gasteiger partial charge in [-0.15, -0.1) is 0 Å². The van der Waals surface area contributed by atoms with Gasteiger partial charge < -0.3 is 20.0 Å². The Morgan fingerprint density at radius 3 is 2.50 bits per heavy atom. The molecule has 0 fully saturated rings. The van der Waals surface area contributed by atoms with E-state index in [1.807, 2.05) is 48.1 Å². The molecule has 0 radical (unpaired) electrons. The standard InChI is InChI=1S/C23H20N4O3/c1-27-10-17(15-6-4-13(24)8-19(15)27)21-20(22(28)26-23(21)29)16-9-25-18-7-12(11-30-2)3-5-14(16)18/h3-10,25H,11,24H2,1-2H3,(H,26,28,29). The number of rotatable bonds is 4. The number of anilines is 1. The summed E-state index contributed by atoms with van der Waals surface area (Å²) >= 11 is 0. The number of amides is 2. The lowest BCUT2D eigenvalue weighted by Gasteiger charge is -2.04. The van der Waals surface area contributed by atoms with Crippen LogP contribution in [0.1, 0.15) is 16.7 Å². The Hall–Kier alpha value is -3.84. The third-order valence-electron chi connectivity index (χ3n) is 5.54. The summed E-state index contributed by atoms with van der Waals surface area (Å²) in [5.41, 5.74) is 11.5. The number of hydrogen-bond acceptors (Lipinski definition) is 4.